The van der Waals surface area contributed by atoms with Gasteiger partial charge in [-0.3, -0.25) is 4.79 Å². The fourth-order valence-electron chi connectivity index (χ4n) is 1.01. The van der Waals surface area contributed by atoms with Gasteiger partial charge in [-0.1, -0.05) is 23.8 Å². The van der Waals surface area contributed by atoms with Crippen LogP contribution < -0.4 is 5.32 Å². The molecule has 2 nitrogen and oxygen atoms in total. The molecule has 1 aromatic rings. The summed E-state index contributed by atoms with van der Waals surface area (Å²) in [6.45, 7) is 5.99. The fourth-order valence-corrected chi connectivity index (χ4v) is 1.42. The predicted octanol–water partition coefficient (Wildman–Crippen LogP) is 2.93. The number of carbonyl (C=O) groups is 1. The van der Waals surface area contributed by atoms with Crippen LogP contribution in [0.25, 0.3) is 0 Å². The van der Waals surface area contributed by atoms with Gasteiger partial charge in [-0.25, -0.2) is 0 Å². The highest BCUT2D eigenvalue weighted by molar-refractivity contribution is 7.80. The number of hydrogen-bond donors (Lipinski definition) is 2. The monoisotopic (exact) mass is 241 g/mol. The van der Waals surface area contributed by atoms with Crippen molar-refractivity contribution in [3.63, 3.8) is 0 Å². The van der Waals surface area contributed by atoms with Crippen molar-refractivity contribution in [2.45, 2.75) is 11.8 Å². The summed E-state index contributed by atoms with van der Waals surface area (Å²) in [5, 5.41) is 3.13. The summed E-state index contributed by atoms with van der Waals surface area (Å²) in [5.41, 5.74) is 1.33. The molecule has 0 saturated heterocycles. The number of carbonyl (C=O) groups excluding carboxylic acids is 1. The van der Waals surface area contributed by atoms with Crippen molar-refractivity contribution in [2.24, 2.45) is 0 Å². The molecule has 0 heterocycles. The lowest BCUT2D eigenvalue weighted by atomic mass is 10.2. The maximum atomic E-state index is 11.7. The van der Waals surface area contributed by atoms with Gasteiger partial charge in [0.25, 0.3) is 5.91 Å². The number of benzene rings is 1. The summed E-state index contributed by atoms with van der Waals surface area (Å²) in [6, 6.07) is 5.03. The first-order valence-corrected chi connectivity index (χ1v) is 5.24. The highest BCUT2D eigenvalue weighted by Gasteiger charge is 2.09. The van der Waals surface area contributed by atoms with E-state index in [2.05, 4.69) is 24.5 Å². The maximum Gasteiger partial charge on any atom is 0.253 e. The zero-order valence-electron chi connectivity index (χ0n) is 8.38. The molecule has 0 aliphatic carbocycles. The van der Waals surface area contributed by atoms with Gasteiger partial charge in [0.15, 0.2) is 0 Å². The molecule has 80 valence electrons. The number of thiol groups is 1. The summed E-state index contributed by atoms with van der Waals surface area (Å²) >= 11 is 10.0. The number of halogens is 1. The molecule has 0 bridgehead atoms. The van der Waals surface area contributed by atoms with Gasteiger partial charge in [-0.05, 0) is 25.1 Å². The summed E-state index contributed by atoms with van der Waals surface area (Å²) in [7, 11) is 0. The second-order valence-electron chi connectivity index (χ2n) is 3.30. The van der Waals surface area contributed by atoms with Crippen LogP contribution in [0, 0.1) is 0 Å². The third kappa shape index (κ3) is 3.61. The van der Waals surface area contributed by atoms with Crippen LogP contribution in [-0.2, 0) is 0 Å². The first kappa shape index (κ1) is 12.1. The van der Waals surface area contributed by atoms with Crippen LogP contribution in [0.4, 0.5) is 0 Å². The fraction of sp³-hybridized carbons (Fsp3) is 0.182. The quantitative estimate of drug-likeness (QED) is 0.618. The van der Waals surface area contributed by atoms with Crippen LogP contribution in [0.5, 0.6) is 0 Å². The van der Waals surface area contributed by atoms with Crippen molar-refractivity contribution < 1.29 is 4.79 Å². The third-order valence-corrected chi connectivity index (χ3v) is 2.35. The molecule has 0 aliphatic rings. The van der Waals surface area contributed by atoms with E-state index in [0.717, 1.165) is 5.57 Å². The first-order chi connectivity index (χ1) is 7.00. The van der Waals surface area contributed by atoms with Crippen LogP contribution in [0.1, 0.15) is 17.3 Å². The lowest BCUT2D eigenvalue weighted by Crippen LogP contribution is -2.25. The zero-order valence-corrected chi connectivity index (χ0v) is 10.0. The molecular weight excluding hydrogens is 230 g/mol. The lowest BCUT2D eigenvalue weighted by molar-refractivity contribution is 0.0957. The molecular formula is C11H12ClNOS. The minimum Gasteiger partial charge on any atom is -0.348 e. The highest BCUT2D eigenvalue weighted by atomic mass is 35.5. The van der Waals surface area contributed by atoms with E-state index >= 15 is 0 Å². The summed E-state index contributed by atoms with van der Waals surface area (Å²) in [6.07, 6.45) is 0. The Morgan fingerprint density at radius 1 is 1.60 bits per heavy atom. The molecule has 4 heteroatoms. The van der Waals surface area contributed by atoms with Crippen molar-refractivity contribution in [1.29, 1.82) is 0 Å². The van der Waals surface area contributed by atoms with Crippen molar-refractivity contribution in [3.8, 4) is 0 Å². The zero-order chi connectivity index (χ0) is 11.4. The van der Waals surface area contributed by atoms with Crippen molar-refractivity contribution >= 4 is 30.1 Å². The number of amides is 1. The van der Waals surface area contributed by atoms with Gasteiger partial charge in [-0.2, -0.15) is 0 Å². The van der Waals surface area contributed by atoms with Gasteiger partial charge in [-0.15, -0.1) is 12.6 Å². The average molecular weight is 242 g/mol. The second kappa shape index (κ2) is 5.24. The van der Waals surface area contributed by atoms with Crippen LogP contribution in [-0.4, -0.2) is 12.5 Å². The molecule has 15 heavy (non-hydrogen) atoms. The molecule has 0 aliphatic heterocycles. The molecule has 0 radical (unpaired) electrons. The van der Waals surface area contributed by atoms with Gasteiger partial charge >= 0.3 is 0 Å². The number of rotatable bonds is 3. The first-order valence-electron chi connectivity index (χ1n) is 4.42. The van der Waals surface area contributed by atoms with E-state index in [-0.39, 0.29) is 5.91 Å². The molecule has 1 amide bonds. The normalized spacial score (nSPS) is 9.80. The minimum atomic E-state index is -0.209. The van der Waals surface area contributed by atoms with Gasteiger partial charge in [0, 0.05) is 11.4 Å². The Morgan fingerprint density at radius 3 is 2.87 bits per heavy atom. The summed E-state index contributed by atoms with van der Waals surface area (Å²) < 4.78 is 0. The van der Waals surface area contributed by atoms with Crippen LogP contribution >= 0.6 is 24.2 Å². The maximum absolute atomic E-state index is 11.7. The predicted molar refractivity (Wildman–Crippen MR) is 65.9 cm³/mol. The van der Waals surface area contributed by atoms with E-state index in [9.17, 15) is 4.79 Å². The van der Waals surface area contributed by atoms with E-state index in [0.29, 0.717) is 22.0 Å². The molecule has 0 saturated carbocycles. The Hall–Kier alpha value is -0.930. The van der Waals surface area contributed by atoms with Crippen molar-refractivity contribution in [2.75, 3.05) is 6.54 Å². The van der Waals surface area contributed by atoms with Crippen LogP contribution in [0.2, 0.25) is 5.02 Å². The van der Waals surface area contributed by atoms with E-state index in [1.54, 1.807) is 18.2 Å². The molecule has 0 atom stereocenters. The molecule has 0 aromatic heterocycles. The Kier molecular flexibility index (Phi) is 4.24. The standard InChI is InChI=1S/C11H12ClNOS/c1-7(2)6-13-11(14)9-5-8(15)3-4-10(9)12/h3-5,15H,1,6H2,2H3,(H,13,14). The molecule has 0 unspecified atom stereocenters. The second-order valence-corrected chi connectivity index (χ2v) is 4.23. The molecule has 0 spiro atoms. The Balaban J connectivity index is 2.81. The molecule has 1 N–H and O–H groups in total. The van der Waals surface area contributed by atoms with Gasteiger partial charge in [0.2, 0.25) is 0 Å². The Morgan fingerprint density at radius 2 is 2.27 bits per heavy atom. The van der Waals surface area contributed by atoms with Crippen molar-refractivity contribution in [1.82, 2.24) is 5.32 Å². The molecule has 1 rings (SSSR count). The SMILES string of the molecule is C=C(C)CNC(=O)c1cc(S)ccc1Cl. The number of hydrogen-bond acceptors (Lipinski definition) is 2. The van der Waals surface area contributed by atoms with E-state index < -0.39 is 0 Å². The minimum absolute atomic E-state index is 0.209. The molecule has 0 fully saturated rings. The summed E-state index contributed by atoms with van der Waals surface area (Å²) in [4.78, 5) is 12.4. The highest BCUT2D eigenvalue weighted by Crippen LogP contribution is 2.19. The third-order valence-electron chi connectivity index (χ3n) is 1.75. The Labute approximate surface area is 99.7 Å². The lowest BCUT2D eigenvalue weighted by Gasteiger charge is -2.06. The largest absolute Gasteiger partial charge is 0.348 e. The van der Waals surface area contributed by atoms with Gasteiger partial charge < -0.3 is 5.32 Å². The van der Waals surface area contributed by atoms with Gasteiger partial charge in [0.05, 0.1) is 10.6 Å². The van der Waals surface area contributed by atoms with E-state index in [4.69, 9.17) is 11.6 Å². The van der Waals surface area contributed by atoms with Gasteiger partial charge in [0.1, 0.15) is 0 Å². The Bertz CT molecular complexity index is 404. The van der Waals surface area contributed by atoms with Crippen molar-refractivity contribution in [3.05, 3.63) is 40.9 Å². The van der Waals surface area contributed by atoms with Crippen LogP contribution in [0.15, 0.2) is 35.2 Å². The topological polar surface area (TPSA) is 29.1 Å². The smallest absolute Gasteiger partial charge is 0.253 e. The number of nitrogens with one attached hydrogen (secondary N) is 1. The summed E-state index contributed by atoms with van der Waals surface area (Å²) in [5.74, 6) is -0.209. The average Bonchev–Trinajstić information content (AvgIpc) is 2.18. The van der Waals surface area contributed by atoms with Crippen LogP contribution in [0.3, 0.4) is 0 Å². The molecule has 1 aromatic carbocycles. The van der Waals surface area contributed by atoms with E-state index in [1.165, 1.54) is 0 Å². The van der Waals surface area contributed by atoms with E-state index in [1.807, 2.05) is 6.92 Å².